The standard InChI is InChI=1S/C13H10F3N5/c1-7-6-19-12(18)21-11(7)20-9-3-2-8(5-17)10(4-9)13(14,15)16/h2-4,6H,1H3,(H3,18,19,20,21). The van der Waals surface area contributed by atoms with Gasteiger partial charge < -0.3 is 11.1 Å². The lowest BCUT2D eigenvalue weighted by Crippen LogP contribution is -2.09. The van der Waals surface area contributed by atoms with Gasteiger partial charge in [-0.15, -0.1) is 0 Å². The summed E-state index contributed by atoms with van der Waals surface area (Å²) in [5.74, 6) is 0.313. The number of aromatic nitrogens is 2. The number of aryl methyl sites for hydroxylation is 1. The lowest BCUT2D eigenvalue weighted by molar-refractivity contribution is -0.137. The van der Waals surface area contributed by atoms with Gasteiger partial charge in [-0.05, 0) is 25.1 Å². The van der Waals surface area contributed by atoms with Crippen molar-refractivity contribution < 1.29 is 13.2 Å². The maximum Gasteiger partial charge on any atom is 0.417 e. The molecule has 0 atom stereocenters. The number of nitrogen functional groups attached to an aromatic ring is 1. The van der Waals surface area contributed by atoms with E-state index in [2.05, 4.69) is 15.3 Å². The summed E-state index contributed by atoms with van der Waals surface area (Å²) in [6, 6.07) is 4.85. The molecule has 2 aromatic rings. The van der Waals surface area contributed by atoms with Crippen LogP contribution in [-0.2, 0) is 6.18 Å². The predicted molar refractivity (Wildman–Crippen MR) is 70.6 cm³/mol. The number of halogens is 3. The molecule has 21 heavy (non-hydrogen) atoms. The molecule has 0 spiro atoms. The molecule has 2 rings (SSSR count). The number of alkyl halides is 3. The van der Waals surface area contributed by atoms with E-state index in [4.69, 9.17) is 11.0 Å². The molecular weight excluding hydrogens is 283 g/mol. The van der Waals surface area contributed by atoms with E-state index in [-0.39, 0.29) is 11.6 Å². The van der Waals surface area contributed by atoms with Crippen molar-refractivity contribution in [1.29, 1.82) is 5.26 Å². The van der Waals surface area contributed by atoms with Gasteiger partial charge in [0.1, 0.15) is 5.82 Å². The molecule has 0 saturated carbocycles. The number of nitrogens with one attached hydrogen (secondary N) is 1. The molecule has 8 heteroatoms. The summed E-state index contributed by atoms with van der Waals surface area (Å²) >= 11 is 0. The van der Waals surface area contributed by atoms with Crippen molar-refractivity contribution in [3.05, 3.63) is 41.1 Å². The van der Waals surface area contributed by atoms with Gasteiger partial charge in [0.2, 0.25) is 5.95 Å². The molecule has 0 unspecified atom stereocenters. The van der Waals surface area contributed by atoms with Crippen LogP contribution in [0.2, 0.25) is 0 Å². The van der Waals surface area contributed by atoms with Gasteiger partial charge in [0.25, 0.3) is 0 Å². The SMILES string of the molecule is Cc1cnc(N)nc1Nc1ccc(C#N)c(C(F)(F)F)c1. The highest BCUT2D eigenvalue weighted by Crippen LogP contribution is 2.34. The van der Waals surface area contributed by atoms with Crippen LogP contribution in [0.5, 0.6) is 0 Å². The van der Waals surface area contributed by atoms with E-state index in [0.717, 1.165) is 12.1 Å². The molecule has 0 bridgehead atoms. The third kappa shape index (κ3) is 3.20. The number of nitrogens with zero attached hydrogens (tertiary/aromatic N) is 3. The second-order valence-corrected chi connectivity index (χ2v) is 4.25. The number of hydrogen-bond donors (Lipinski definition) is 2. The topological polar surface area (TPSA) is 87.6 Å². The third-order valence-electron chi connectivity index (χ3n) is 2.70. The fourth-order valence-electron chi connectivity index (χ4n) is 1.67. The van der Waals surface area contributed by atoms with Crippen molar-refractivity contribution in [2.24, 2.45) is 0 Å². The molecule has 0 aliphatic rings. The number of rotatable bonds is 2. The molecule has 0 saturated heterocycles. The van der Waals surface area contributed by atoms with Crippen molar-refractivity contribution in [3.8, 4) is 6.07 Å². The smallest absolute Gasteiger partial charge is 0.368 e. The minimum absolute atomic E-state index is 0.00721. The summed E-state index contributed by atoms with van der Waals surface area (Å²) in [5.41, 5.74) is 4.78. The van der Waals surface area contributed by atoms with Crippen LogP contribution in [0.15, 0.2) is 24.4 Å². The predicted octanol–water partition coefficient (Wildman–Crippen LogP) is 3.00. The quantitative estimate of drug-likeness (QED) is 0.888. The van der Waals surface area contributed by atoms with Gasteiger partial charge in [0, 0.05) is 17.4 Å². The van der Waals surface area contributed by atoms with Crippen LogP contribution < -0.4 is 11.1 Å². The van der Waals surface area contributed by atoms with E-state index in [1.165, 1.54) is 18.3 Å². The minimum Gasteiger partial charge on any atom is -0.368 e. The molecule has 0 aliphatic carbocycles. The molecule has 0 radical (unpaired) electrons. The average Bonchev–Trinajstić information content (AvgIpc) is 2.42. The molecule has 1 aromatic heterocycles. The Labute approximate surface area is 118 Å². The van der Waals surface area contributed by atoms with Crippen molar-refractivity contribution in [2.75, 3.05) is 11.1 Å². The normalized spacial score (nSPS) is 11.0. The fraction of sp³-hybridized carbons (Fsp3) is 0.154. The maximum atomic E-state index is 12.9. The molecule has 5 nitrogen and oxygen atoms in total. The van der Waals surface area contributed by atoms with Crippen LogP contribution in [-0.4, -0.2) is 9.97 Å². The van der Waals surface area contributed by atoms with E-state index in [1.807, 2.05) is 0 Å². The summed E-state index contributed by atoms with van der Waals surface area (Å²) in [4.78, 5) is 7.68. The maximum absolute atomic E-state index is 12.9. The number of nitrogens with two attached hydrogens (primary N) is 1. The number of hydrogen-bond acceptors (Lipinski definition) is 5. The van der Waals surface area contributed by atoms with E-state index in [1.54, 1.807) is 6.92 Å². The lowest BCUT2D eigenvalue weighted by Gasteiger charge is -2.13. The molecule has 1 heterocycles. The average molecular weight is 293 g/mol. The monoisotopic (exact) mass is 293 g/mol. The minimum atomic E-state index is -4.61. The Bertz CT molecular complexity index is 719. The molecule has 3 N–H and O–H groups in total. The van der Waals surface area contributed by atoms with Crippen LogP contribution in [0.4, 0.5) is 30.6 Å². The fourth-order valence-corrected chi connectivity index (χ4v) is 1.67. The number of anilines is 3. The van der Waals surface area contributed by atoms with Crippen molar-refractivity contribution in [3.63, 3.8) is 0 Å². The summed E-state index contributed by atoms with van der Waals surface area (Å²) < 4.78 is 38.6. The molecule has 1 aromatic carbocycles. The zero-order valence-electron chi connectivity index (χ0n) is 10.9. The molecular formula is C13H10F3N5. The van der Waals surface area contributed by atoms with Gasteiger partial charge in [0.15, 0.2) is 0 Å². The zero-order chi connectivity index (χ0) is 15.6. The summed E-state index contributed by atoms with van der Waals surface area (Å²) in [6.07, 6.45) is -3.15. The van der Waals surface area contributed by atoms with Gasteiger partial charge in [-0.25, -0.2) is 4.98 Å². The Morgan fingerprint density at radius 1 is 1.33 bits per heavy atom. The Kier molecular flexibility index (Phi) is 3.67. The van der Waals surface area contributed by atoms with Crippen LogP contribution in [0.25, 0.3) is 0 Å². The first-order valence-corrected chi connectivity index (χ1v) is 5.78. The third-order valence-corrected chi connectivity index (χ3v) is 2.70. The van der Waals surface area contributed by atoms with Crippen molar-refractivity contribution >= 4 is 17.5 Å². The van der Waals surface area contributed by atoms with Crippen LogP contribution in [0.1, 0.15) is 16.7 Å². The van der Waals surface area contributed by atoms with Crippen LogP contribution >= 0.6 is 0 Å². The molecule has 0 amide bonds. The van der Waals surface area contributed by atoms with Crippen molar-refractivity contribution in [2.45, 2.75) is 13.1 Å². The van der Waals surface area contributed by atoms with E-state index in [9.17, 15) is 13.2 Å². The first kappa shape index (κ1) is 14.6. The van der Waals surface area contributed by atoms with Crippen LogP contribution in [0.3, 0.4) is 0 Å². The van der Waals surface area contributed by atoms with Gasteiger partial charge in [-0.3, -0.25) is 0 Å². The second-order valence-electron chi connectivity index (χ2n) is 4.25. The lowest BCUT2D eigenvalue weighted by atomic mass is 10.1. The summed E-state index contributed by atoms with van der Waals surface area (Å²) in [6.45, 7) is 1.69. The zero-order valence-corrected chi connectivity index (χ0v) is 10.9. The highest BCUT2D eigenvalue weighted by atomic mass is 19.4. The van der Waals surface area contributed by atoms with E-state index in [0.29, 0.717) is 11.4 Å². The van der Waals surface area contributed by atoms with Gasteiger partial charge in [0.05, 0.1) is 17.2 Å². The highest BCUT2D eigenvalue weighted by molar-refractivity contribution is 5.62. The van der Waals surface area contributed by atoms with Gasteiger partial charge >= 0.3 is 6.18 Å². The molecule has 108 valence electrons. The Morgan fingerprint density at radius 3 is 2.67 bits per heavy atom. The summed E-state index contributed by atoms with van der Waals surface area (Å²) in [7, 11) is 0. The largest absolute Gasteiger partial charge is 0.417 e. The van der Waals surface area contributed by atoms with Crippen LogP contribution in [0, 0.1) is 18.3 Å². The Hall–Kier alpha value is -2.82. The second kappa shape index (κ2) is 5.28. The Morgan fingerprint density at radius 2 is 2.05 bits per heavy atom. The highest BCUT2D eigenvalue weighted by Gasteiger charge is 2.33. The van der Waals surface area contributed by atoms with Crippen molar-refractivity contribution in [1.82, 2.24) is 9.97 Å². The number of nitriles is 1. The number of benzene rings is 1. The van der Waals surface area contributed by atoms with E-state index < -0.39 is 17.3 Å². The molecule has 0 aliphatic heterocycles. The summed E-state index contributed by atoms with van der Waals surface area (Å²) in [5, 5.41) is 11.5. The first-order valence-electron chi connectivity index (χ1n) is 5.78. The Balaban J connectivity index is 2.42. The van der Waals surface area contributed by atoms with E-state index >= 15 is 0 Å². The molecule has 0 fully saturated rings. The first-order chi connectivity index (χ1) is 9.81. The van der Waals surface area contributed by atoms with Gasteiger partial charge in [-0.1, -0.05) is 0 Å². The van der Waals surface area contributed by atoms with Gasteiger partial charge in [-0.2, -0.15) is 23.4 Å².